The van der Waals surface area contributed by atoms with Gasteiger partial charge in [0.2, 0.25) is 0 Å². The Kier molecular flexibility index (Phi) is 5.31. The number of hydrogen-bond acceptors (Lipinski definition) is 4. The lowest BCUT2D eigenvalue weighted by molar-refractivity contribution is -0.384. The van der Waals surface area contributed by atoms with E-state index in [0.29, 0.717) is 24.0 Å². The minimum atomic E-state index is -0.452. The molecule has 0 aliphatic heterocycles. The van der Waals surface area contributed by atoms with Gasteiger partial charge in [0.15, 0.2) is 5.11 Å². The summed E-state index contributed by atoms with van der Waals surface area (Å²) in [7, 11) is 1.60. The van der Waals surface area contributed by atoms with Gasteiger partial charge in [-0.15, -0.1) is 0 Å². The summed E-state index contributed by atoms with van der Waals surface area (Å²) in [5.74, 6) is 0. The SMILES string of the molecule is COCCNC(=S)Nc1cccc([N+](=O)[O-])c1. The minimum Gasteiger partial charge on any atom is -0.383 e. The molecule has 0 saturated carbocycles. The fourth-order valence-electron chi connectivity index (χ4n) is 1.14. The molecular weight excluding hydrogens is 242 g/mol. The van der Waals surface area contributed by atoms with Gasteiger partial charge in [0.1, 0.15) is 0 Å². The number of non-ortho nitro benzene ring substituents is 1. The van der Waals surface area contributed by atoms with E-state index in [1.165, 1.54) is 12.1 Å². The third-order valence-electron chi connectivity index (χ3n) is 1.91. The molecule has 0 radical (unpaired) electrons. The van der Waals surface area contributed by atoms with Crippen molar-refractivity contribution >= 4 is 28.7 Å². The van der Waals surface area contributed by atoms with Crippen LogP contribution in [-0.4, -0.2) is 30.3 Å². The summed E-state index contributed by atoms with van der Waals surface area (Å²) in [6.07, 6.45) is 0. The summed E-state index contributed by atoms with van der Waals surface area (Å²) in [6, 6.07) is 6.15. The molecule has 0 unspecified atom stereocenters. The molecule has 17 heavy (non-hydrogen) atoms. The highest BCUT2D eigenvalue weighted by Crippen LogP contribution is 2.16. The monoisotopic (exact) mass is 255 g/mol. The molecule has 0 bridgehead atoms. The highest BCUT2D eigenvalue weighted by atomic mass is 32.1. The number of nitro groups is 1. The van der Waals surface area contributed by atoms with Crippen molar-refractivity contribution in [3.8, 4) is 0 Å². The van der Waals surface area contributed by atoms with Gasteiger partial charge in [0, 0.05) is 31.5 Å². The lowest BCUT2D eigenvalue weighted by atomic mass is 10.3. The number of benzene rings is 1. The van der Waals surface area contributed by atoms with Crippen molar-refractivity contribution in [1.29, 1.82) is 0 Å². The number of nitrogens with one attached hydrogen (secondary N) is 2. The van der Waals surface area contributed by atoms with Gasteiger partial charge in [-0.2, -0.15) is 0 Å². The number of nitro benzene ring substituents is 1. The van der Waals surface area contributed by atoms with Gasteiger partial charge in [0.05, 0.1) is 11.5 Å². The van der Waals surface area contributed by atoms with E-state index in [1.807, 2.05) is 0 Å². The van der Waals surface area contributed by atoms with Crippen molar-refractivity contribution in [3.63, 3.8) is 0 Å². The molecule has 7 heteroatoms. The van der Waals surface area contributed by atoms with Crippen molar-refractivity contribution in [1.82, 2.24) is 5.32 Å². The van der Waals surface area contributed by atoms with Gasteiger partial charge in [-0.25, -0.2) is 0 Å². The largest absolute Gasteiger partial charge is 0.383 e. The zero-order valence-corrected chi connectivity index (χ0v) is 10.1. The topological polar surface area (TPSA) is 76.4 Å². The Hall–Kier alpha value is -1.73. The summed E-state index contributed by atoms with van der Waals surface area (Å²) in [6.45, 7) is 1.12. The second-order valence-electron chi connectivity index (χ2n) is 3.18. The van der Waals surface area contributed by atoms with Crippen LogP contribution in [0.5, 0.6) is 0 Å². The predicted molar refractivity (Wildman–Crippen MR) is 69.2 cm³/mol. The zero-order valence-electron chi connectivity index (χ0n) is 9.30. The maximum absolute atomic E-state index is 10.6. The first kappa shape index (κ1) is 13.3. The number of thiocarbonyl (C=S) groups is 1. The van der Waals surface area contributed by atoms with Crippen molar-refractivity contribution < 1.29 is 9.66 Å². The lowest BCUT2D eigenvalue weighted by Crippen LogP contribution is -2.31. The molecule has 1 aromatic carbocycles. The smallest absolute Gasteiger partial charge is 0.271 e. The van der Waals surface area contributed by atoms with Crippen LogP contribution in [0.2, 0.25) is 0 Å². The molecule has 0 spiro atoms. The summed E-state index contributed by atoms with van der Waals surface area (Å²) in [5, 5.41) is 16.7. The lowest BCUT2D eigenvalue weighted by Gasteiger charge is -2.09. The van der Waals surface area contributed by atoms with E-state index in [0.717, 1.165) is 0 Å². The molecule has 0 fully saturated rings. The zero-order chi connectivity index (χ0) is 12.7. The maximum atomic E-state index is 10.6. The van der Waals surface area contributed by atoms with Crippen LogP contribution < -0.4 is 10.6 Å². The van der Waals surface area contributed by atoms with Crippen LogP contribution in [0.1, 0.15) is 0 Å². The second-order valence-corrected chi connectivity index (χ2v) is 3.59. The third-order valence-corrected chi connectivity index (χ3v) is 2.15. The first-order valence-electron chi connectivity index (χ1n) is 4.91. The normalized spacial score (nSPS) is 9.71. The number of anilines is 1. The predicted octanol–water partition coefficient (Wildman–Crippen LogP) is 1.53. The van der Waals surface area contributed by atoms with E-state index in [9.17, 15) is 10.1 Å². The Balaban J connectivity index is 2.53. The number of rotatable bonds is 5. The molecule has 0 amide bonds. The van der Waals surface area contributed by atoms with E-state index < -0.39 is 4.92 Å². The Labute approximate surface area is 104 Å². The van der Waals surface area contributed by atoms with Gasteiger partial charge < -0.3 is 15.4 Å². The maximum Gasteiger partial charge on any atom is 0.271 e. The second kappa shape index (κ2) is 6.77. The molecule has 92 valence electrons. The first-order valence-corrected chi connectivity index (χ1v) is 5.32. The van der Waals surface area contributed by atoms with Crippen LogP contribution in [0.3, 0.4) is 0 Å². The molecule has 0 aromatic heterocycles. The molecule has 1 rings (SSSR count). The highest BCUT2D eigenvalue weighted by Gasteiger charge is 2.06. The summed E-state index contributed by atoms with van der Waals surface area (Å²) in [5.41, 5.74) is 0.601. The highest BCUT2D eigenvalue weighted by molar-refractivity contribution is 7.80. The Morgan fingerprint density at radius 2 is 2.35 bits per heavy atom. The van der Waals surface area contributed by atoms with Crippen LogP contribution in [0.4, 0.5) is 11.4 Å². The summed E-state index contributed by atoms with van der Waals surface area (Å²) in [4.78, 5) is 10.1. The molecule has 0 aliphatic rings. The Bertz CT molecular complexity index is 412. The van der Waals surface area contributed by atoms with Crippen LogP contribution in [0.15, 0.2) is 24.3 Å². The number of hydrogen-bond donors (Lipinski definition) is 2. The van der Waals surface area contributed by atoms with Crippen molar-refractivity contribution in [3.05, 3.63) is 34.4 Å². The molecule has 6 nitrogen and oxygen atoms in total. The van der Waals surface area contributed by atoms with Crippen molar-refractivity contribution in [2.24, 2.45) is 0 Å². The number of nitrogens with zero attached hydrogens (tertiary/aromatic N) is 1. The van der Waals surface area contributed by atoms with Crippen LogP contribution in [-0.2, 0) is 4.74 Å². The summed E-state index contributed by atoms with van der Waals surface area (Å²) >= 11 is 5.01. The first-order chi connectivity index (χ1) is 8.13. The quantitative estimate of drug-likeness (QED) is 0.359. The minimum absolute atomic E-state index is 0.0229. The summed E-state index contributed by atoms with van der Waals surface area (Å²) < 4.78 is 4.85. The van der Waals surface area contributed by atoms with Crippen LogP contribution in [0, 0.1) is 10.1 Å². The molecule has 0 atom stereocenters. The van der Waals surface area contributed by atoms with Gasteiger partial charge >= 0.3 is 0 Å². The van der Waals surface area contributed by atoms with E-state index in [4.69, 9.17) is 17.0 Å². The Morgan fingerprint density at radius 1 is 1.59 bits per heavy atom. The molecule has 0 heterocycles. The van der Waals surface area contributed by atoms with Gasteiger partial charge in [0.25, 0.3) is 5.69 Å². The molecular formula is C10H13N3O3S. The fourth-order valence-corrected chi connectivity index (χ4v) is 1.36. The van der Waals surface area contributed by atoms with Crippen LogP contribution in [0.25, 0.3) is 0 Å². The average Bonchev–Trinajstić information content (AvgIpc) is 2.29. The average molecular weight is 255 g/mol. The molecule has 1 aromatic rings. The molecule has 0 aliphatic carbocycles. The van der Waals surface area contributed by atoms with Gasteiger partial charge in [-0.1, -0.05) is 6.07 Å². The van der Waals surface area contributed by atoms with Gasteiger partial charge in [-0.05, 0) is 18.3 Å². The van der Waals surface area contributed by atoms with Crippen LogP contribution >= 0.6 is 12.2 Å². The fraction of sp³-hybridized carbons (Fsp3) is 0.300. The number of ether oxygens (including phenoxy) is 1. The van der Waals surface area contributed by atoms with E-state index >= 15 is 0 Å². The Morgan fingerprint density at radius 3 is 3.00 bits per heavy atom. The third kappa shape index (κ3) is 4.75. The van der Waals surface area contributed by atoms with E-state index in [-0.39, 0.29) is 5.69 Å². The van der Waals surface area contributed by atoms with Crippen molar-refractivity contribution in [2.45, 2.75) is 0 Å². The van der Waals surface area contributed by atoms with Crippen molar-refractivity contribution in [2.75, 3.05) is 25.6 Å². The van der Waals surface area contributed by atoms with Gasteiger partial charge in [-0.3, -0.25) is 10.1 Å². The number of methoxy groups -OCH3 is 1. The van der Waals surface area contributed by atoms with E-state index in [2.05, 4.69) is 10.6 Å². The standard InChI is InChI=1S/C10H13N3O3S/c1-16-6-5-11-10(17)12-8-3-2-4-9(7-8)13(14)15/h2-4,7H,5-6H2,1H3,(H2,11,12,17). The molecule has 0 saturated heterocycles. The van der Waals surface area contributed by atoms with E-state index in [1.54, 1.807) is 19.2 Å². The molecule has 2 N–H and O–H groups in total.